The van der Waals surface area contributed by atoms with Gasteiger partial charge in [-0.1, -0.05) is 49.7 Å². The van der Waals surface area contributed by atoms with E-state index in [1.165, 1.54) is 11.8 Å². The second-order valence-electron chi connectivity index (χ2n) is 7.94. The minimum atomic E-state index is -3.83. The van der Waals surface area contributed by atoms with E-state index in [-0.39, 0.29) is 15.3 Å². The lowest BCUT2D eigenvalue weighted by Gasteiger charge is -2.19. The number of rotatable bonds is 4. The lowest BCUT2D eigenvalue weighted by atomic mass is 9.87. The Bertz CT molecular complexity index is 1160. The van der Waals surface area contributed by atoms with E-state index in [4.69, 9.17) is 16.3 Å². The van der Waals surface area contributed by atoms with Crippen molar-refractivity contribution in [1.82, 2.24) is 15.0 Å². The first kappa shape index (κ1) is 21.3. The number of aromatic nitrogens is 3. The molecule has 29 heavy (non-hydrogen) atoms. The molecule has 0 unspecified atom stereocenters. The summed E-state index contributed by atoms with van der Waals surface area (Å²) >= 11 is 6.25. The fourth-order valence-electron chi connectivity index (χ4n) is 3.01. The number of ether oxygens (including phenoxy) is 1. The summed E-state index contributed by atoms with van der Waals surface area (Å²) < 4.78 is 33.2. The van der Waals surface area contributed by atoms with Crippen LogP contribution in [0.1, 0.15) is 37.6 Å². The molecule has 6 nitrogen and oxygen atoms in total. The highest BCUT2D eigenvalue weighted by molar-refractivity contribution is 7.91. The molecule has 0 fully saturated rings. The van der Waals surface area contributed by atoms with Gasteiger partial charge in [-0.05, 0) is 54.7 Å². The van der Waals surface area contributed by atoms with E-state index in [0.717, 1.165) is 11.1 Å². The molecule has 1 aromatic heterocycles. The first-order valence-electron chi connectivity index (χ1n) is 9.09. The second kappa shape index (κ2) is 7.46. The van der Waals surface area contributed by atoms with E-state index in [0.29, 0.717) is 22.2 Å². The fraction of sp³-hybridized carbons (Fsp3) is 0.333. The van der Waals surface area contributed by atoms with Crippen LogP contribution in [0, 0.1) is 13.8 Å². The Morgan fingerprint density at radius 1 is 1.07 bits per heavy atom. The molecular weight excluding hydrogens is 410 g/mol. The number of hydrogen-bond donors (Lipinski definition) is 0. The van der Waals surface area contributed by atoms with Crippen molar-refractivity contribution in [2.24, 2.45) is 0 Å². The van der Waals surface area contributed by atoms with E-state index in [1.807, 2.05) is 19.1 Å². The summed E-state index contributed by atoms with van der Waals surface area (Å²) in [5.74, 6) is 0.526. The first-order chi connectivity index (χ1) is 13.5. The summed E-state index contributed by atoms with van der Waals surface area (Å²) in [6.45, 7) is 9.74. The van der Waals surface area contributed by atoms with Gasteiger partial charge < -0.3 is 4.74 Å². The zero-order valence-corrected chi connectivity index (χ0v) is 18.9. The third-order valence-corrected chi connectivity index (χ3v) is 7.01. The van der Waals surface area contributed by atoms with Crippen LogP contribution in [0.4, 0.5) is 0 Å². The standard InChI is InChI=1S/C21H24ClN3O3S/c1-13-11-19(28-6)18(12-17(13)22)25-14(2)20(23-24-25)29(26,27)16-9-7-15(8-10-16)21(3,4)5/h7-12H,1-6H3. The monoisotopic (exact) mass is 433 g/mol. The molecule has 154 valence electrons. The lowest BCUT2D eigenvalue weighted by Crippen LogP contribution is -2.12. The van der Waals surface area contributed by atoms with Gasteiger partial charge in [-0.15, -0.1) is 5.10 Å². The third-order valence-electron chi connectivity index (χ3n) is 4.83. The van der Waals surface area contributed by atoms with Crippen LogP contribution in [-0.2, 0) is 15.3 Å². The molecule has 0 N–H and O–H groups in total. The number of nitrogens with zero attached hydrogens (tertiary/aromatic N) is 3. The maximum atomic E-state index is 13.2. The predicted octanol–water partition coefficient (Wildman–Crippen LogP) is 4.68. The molecule has 0 saturated carbocycles. The van der Waals surface area contributed by atoms with Gasteiger partial charge in [0.15, 0.2) is 0 Å². The van der Waals surface area contributed by atoms with Gasteiger partial charge in [0, 0.05) is 5.02 Å². The summed E-state index contributed by atoms with van der Waals surface area (Å²) in [5.41, 5.74) is 2.73. The van der Waals surface area contributed by atoms with Gasteiger partial charge in [-0.3, -0.25) is 0 Å². The Kier molecular flexibility index (Phi) is 5.49. The number of aryl methyl sites for hydroxylation is 1. The third kappa shape index (κ3) is 3.89. The number of hydrogen-bond acceptors (Lipinski definition) is 5. The zero-order chi connectivity index (χ0) is 21.6. The largest absolute Gasteiger partial charge is 0.494 e. The molecule has 3 aromatic rings. The van der Waals surface area contributed by atoms with E-state index < -0.39 is 9.84 Å². The highest BCUT2D eigenvalue weighted by atomic mass is 35.5. The van der Waals surface area contributed by atoms with Crippen LogP contribution in [-0.4, -0.2) is 30.5 Å². The van der Waals surface area contributed by atoms with Crippen molar-refractivity contribution in [3.8, 4) is 11.4 Å². The van der Waals surface area contributed by atoms with Crippen LogP contribution in [0.15, 0.2) is 46.3 Å². The molecule has 0 spiro atoms. The summed E-state index contributed by atoms with van der Waals surface area (Å²) in [4.78, 5) is 0.176. The molecule has 8 heteroatoms. The van der Waals surface area contributed by atoms with E-state index in [1.54, 1.807) is 31.2 Å². The molecule has 0 atom stereocenters. The molecule has 0 radical (unpaired) electrons. The van der Waals surface area contributed by atoms with Gasteiger partial charge in [0.2, 0.25) is 14.9 Å². The van der Waals surface area contributed by atoms with Gasteiger partial charge in [-0.2, -0.15) is 0 Å². The number of benzene rings is 2. The van der Waals surface area contributed by atoms with Crippen molar-refractivity contribution in [3.63, 3.8) is 0 Å². The first-order valence-corrected chi connectivity index (χ1v) is 11.0. The molecular formula is C21H24ClN3O3S. The maximum Gasteiger partial charge on any atom is 0.227 e. The Morgan fingerprint density at radius 3 is 2.24 bits per heavy atom. The molecule has 0 amide bonds. The summed E-state index contributed by atoms with van der Waals surface area (Å²) in [6, 6.07) is 10.3. The highest BCUT2D eigenvalue weighted by Gasteiger charge is 2.27. The molecule has 0 aliphatic heterocycles. The van der Waals surface area contributed by atoms with E-state index in [2.05, 4.69) is 31.1 Å². The SMILES string of the molecule is COc1cc(C)c(Cl)cc1-n1nnc(S(=O)(=O)c2ccc(C(C)(C)C)cc2)c1C. The smallest absolute Gasteiger partial charge is 0.227 e. The van der Waals surface area contributed by atoms with Crippen LogP contribution < -0.4 is 4.74 Å². The average molecular weight is 434 g/mol. The zero-order valence-electron chi connectivity index (χ0n) is 17.3. The van der Waals surface area contributed by atoms with Gasteiger partial charge in [-0.25, -0.2) is 13.1 Å². The Balaban J connectivity index is 2.09. The number of sulfone groups is 1. The van der Waals surface area contributed by atoms with Crippen LogP contribution in [0.2, 0.25) is 5.02 Å². The van der Waals surface area contributed by atoms with Crippen LogP contribution in [0.25, 0.3) is 5.69 Å². The van der Waals surface area contributed by atoms with Crippen LogP contribution >= 0.6 is 11.6 Å². The summed E-state index contributed by atoms with van der Waals surface area (Å²) in [7, 11) is -2.29. The Labute approximate surface area is 176 Å². The second-order valence-corrected chi connectivity index (χ2v) is 10.2. The van der Waals surface area contributed by atoms with Gasteiger partial charge in [0.1, 0.15) is 11.4 Å². The van der Waals surface area contributed by atoms with Gasteiger partial charge >= 0.3 is 0 Å². The number of methoxy groups -OCH3 is 1. The number of halogens is 1. The van der Waals surface area contributed by atoms with Crippen molar-refractivity contribution >= 4 is 21.4 Å². The molecule has 0 aliphatic carbocycles. The van der Waals surface area contributed by atoms with Crippen molar-refractivity contribution in [2.45, 2.75) is 50.0 Å². The molecule has 0 bridgehead atoms. The van der Waals surface area contributed by atoms with Crippen LogP contribution in [0.3, 0.4) is 0 Å². The normalized spacial score (nSPS) is 12.2. The molecule has 2 aromatic carbocycles. The molecule has 0 saturated heterocycles. The molecule has 0 aliphatic rings. The average Bonchev–Trinajstić information content (AvgIpc) is 3.05. The van der Waals surface area contributed by atoms with Crippen molar-refractivity contribution in [2.75, 3.05) is 7.11 Å². The molecule has 3 rings (SSSR count). The Morgan fingerprint density at radius 2 is 1.69 bits per heavy atom. The topological polar surface area (TPSA) is 74.1 Å². The van der Waals surface area contributed by atoms with E-state index >= 15 is 0 Å². The van der Waals surface area contributed by atoms with E-state index in [9.17, 15) is 8.42 Å². The van der Waals surface area contributed by atoms with Crippen molar-refractivity contribution < 1.29 is 13.2 Å². The highest BCUT2D eigenvalue weighted by Crippen LogP contribution is 2.32. The summed E-state index contributed by atoms with van der Waals surface area (Å²) in [6.07, 6.45) is 0. The molecule has 1 heterocycles. The minimum Gasteiger partial charge on any atom is -0.494 e. The minimum absolute atomic E-state index is 0.0669. The lowest BCUT2D eigenvalue weighted by molar-refractivity contribution is 0.411. The van der Waals surface area contributed by atoms with Crippen LogP contribution in [0.5, 0.6) is 5.75 Å². The summed E-state index contributed by atoms with van der Waals surface area (Å²) in [5, 5.41) is 8.46. The van der Waals surface area contributed by atoms with Crippen molar-refractivity contribution in [3.05, 3.63) is 58.2 Å². The fourth-order valence-corrected chi connectivity index (χ4v) is 4.51. The maximum absolute atomic E-state index is 13.2. The Hall–Kier alpha value is -2.38. The van der Waals surface area contributed by atoms with Crippen molar-refractivity contribution in [1.29, 1.82) is 0 Å². The quantitative estimate of drug-likeness (QED) is 0.597. The van der Waals surface area contributed by atoms with Gasteiger partial charge in [0.25, 0.3) is 0 Å². The predicted molar refractivity (Wildman–Crippen MR) is 113 cm³/mol. The van der Waals surface area contributed by atoms with Gasteiger partial charge in [0.05, 0.1) is 17.7 Å².